The highest BCUT2D eigenvalue weighted by Gasteiger charge is 2.45. The summed E-state index contributed by atoms with van der Waals surface area (Å²) in [5.41, 5.74) is 1.18. The molecule has 1 fully saturated rings. The van der Waals surface area contributed by atoms with Gasteiger partial charge in [0, 0.05) is 12.3 Å². The van der Waals surface area contributed by atoms with Gasteiger partial charge >= 0.3 is 5.97 Å². The van der Waals surface area contributed by atoms with Gasteiger partial charge in [-0.1, -0.05) is 56.3 Å². The van der Waals surface area contributed by atoms with Gasteiger partial charge in [-0.05, 0) is 56.9 Å². The van der Waals surface area contributed by atoms with Crippen molar-refractivity contribution >= 4 is 5.97 Å². The van der Waals surface area contributed by atoms with E-state index in [4.69, 9.17) is 4.74 Å². The number of aliphatic hydroxyl groups is 3. The lowest BCUT2D eigenvalue weighted by atomic mass is 9.90. The molecule has 31 heavy (non-hydrogen) atoms. The standard InChI is InChI=1S/C26H40O5/c1-4-5-7-12-21(18(2)3)26(30)31-25-22(23(28)17-24(25)29)16-15-20(27)14-13-19-10-8-6-9-11-19/h4-6,8-11,18,20-25,27-29H,7,12-17H2,1-3H3/t20-,21?,22+,23+,24-,25+/m0/s1. The number of ether oxygens (including phenoxy) is 1. The van der Waals surface area contributed by atoms with Gasteiger partial charge in [-0.25, -0.2) is 0 Å². The van der Waals surface area contributed by atoms with Crippen molar-refractivity contribution in [1.82, 2.24) is 0 Å². The number of carbonyl (C=O) groups is 1. The Morgan fingerprint density at radius 1 is 1.13 bits per heavy atom. The lowest BCUT2D eigenvalue weighted by Gasteiger charge is -2.27. The molecule has 0 saturated heterocycles. The van der Waals surface area contributed by atoms with Crippen LogP contribution in [0.4, 0.5) is 0 Å². The molecule has 1 aromatic rings. The van der Waals surface area contributed by atoms with Crippen LogP contribution in [-0.4, -0.2) is 45.7 Å². The van der Waals surface area contributed by atoms with Gasteiger partial charge in [-0.3, -0.25) is 4.79 Å². The van der Waals surface area contributed by atoms with Crippen molar-refractivity contribution in [1.29, 1.82) is 0 Å². The summed E-state index contributed by atoms with van der Waals surface area (Å²) in [7, 11) is 0. The molecule has 1 unspecified atom stereocenters. The zero-order chi connectivity index (χ0) is 22.8. The fraction of sp³-hybridized carbons (Fsp3) is 0.654. The third kappa shape index (κ3) is 8.06. The molecular weight excluding hydrogens is 392 g/mol. The summed E-state index contributed by atoms with van der Waals surface area (Å²) < 4.78 is 5.77. The topological polar surface area (TPSA) is 87.0 Å². The number of benzene rings is 1. The molecule has 6 atom stereocenters. The minimum Gasteiger partial charge on any atom is -0.459 e. The molecule has 0 aliphatic heterocycles. The largest absolute Gasteiger partial charge is 0.459 e. The van der Waals surface area contributed by atoms with Gasteiger partial charge in [0.1, 0.15) is 6.10 Å². The van der Waals surface area contributed by atoms with Crippen LogP contribution in [0.1, 0.15) is 64.9 Å². The summed E-state index contributed by atoms with van der Waals surface area (Å²) in [5, 5.41) is 31.3. The molecule has 1 aliphatic rings. The van der Waals surface area contributed by atoms with E-state index in [0.717, 1.165) is 12.8 Å². The van der Waals surface area contributed by atoms with Crippen LogP contribution in [-0.2, 0) is 16.0 Å². The summed E-state index contributed by atoms with van der Waals surface area (Å²) >= 11 is 0. The molecule has 0 spiro atoms. The van der Waals surface area contributed by atoms with E-state index < -0.39 is 24.4 Å². The molecule has 2 rings (SSSR count). The second-order valence-corrected chi connectivity index (χ2v) is 9.19. The fourth-order valence-corrected chi connectivity index (χ4v) is 4.48. The normalized spacial score (nSPS) is 25.8. The fourth-order valence-electron chi connectivity index (χ4n) is 4.48. The summed E-state index contributed by atoms with van der Waals surface area (Å²) in [6.07, 6.45) is 5.36. The van der Waals surface area contributed by atoms with Gasteiger partial charge < -0.3 is 20.1 Å². The van der Waals surface area contributed by atoms with Crippen LogP contribution < -0.4 is 0 Å². The predicted octanol–water partition coefficient (Wildman–Crippen LogP) is 4.04. The van der Waals surface area contributed by atoms with Gasteiger partial charge in [0.05, 0.1) is 24.2 Å². The van der Waals surface area contributed by atoms with E-state index in [0.29, 0.717) is 25.7 Å². The van der Waals surface area contributed by atoms with Gasteiger partial charge in [0.25, 0.3) is 0 Å². The first-order valence-electron chi connectivity index (χ1n) is 11.7. The minimum absolute atomic E-state index is 0.138. The number of rotatable bonds is 12. The van der Waals surface area contributed by atoms with E-state index >= 15 is 0 Å². The van der Waals surface area contributed by atoms with E-state index in [2.05, 4.69) is 0 Å². The van der Waals surface area contributed by atoms with Crippen molar-refractivity contribution in [3.63, 3.8) is 0 Å². The lowest BCUT2D eigenvalue weighted by Crippen LogP contribution is -2.36. The number of carbonyl (C=O) groups excluding carboxylic acids is 1. The van der Waals surface area contributed by atoms with E-state index in [1.54, 1.807) is 0 Å². The van der Waals surface area contributed by atoms with Crippen molar-refractivity contribution < 1.29 is 24.9 Å². The highest BCUT2D eigenvalue weighted by Crippen LogP contribution is 2.35. The Kier molecular flexibility index (Phi) is 10.7. The maximum atomic E-state index is 12.8. The van der Waals surface area contributed by atoms with Crippen molar-refractivity contribution in [3.8, 4) is 0 Å². The van der Waals surface area contributed by atoms with Gasteiger partial charge in [-0.15, -0.1) is 0 Å². The molecule has 0 bridgehead atoms. The first-order chi connectivity index (χ1) is 14.8. The van der Waals surface area contributed by atoms with Gasteiger partial charge in [-0.2, -0.15) is 0 Å². The molecule has 0 heterocycles. The smallest absolute Gasteiger partial charge is 0.309 e. The Morgan fingerprint density at radius 3 is 2.48 bits per heavy atom. The van der Waals surface area contributed by atoms with Crippen molar-refractivity contribution in [2.45, 2.75) is 90.1 Å². The molecular formula is C26H40O5. The first-order valence-corrected chi connectivity index (χ1v) is 11.7. The van der Waals surface area contributed by atoms with E-state index in [1.807, 2.05) is 63.3 Å². The maximum absolute atomic E-state index is 12.8. The molecule has 0 radical (unpaired) electrons. The Labute approximate surface area is 187 Å². The highest BCUT2D eigenvalue weighted by molar-refractivity contribution is 5.73. The van der Waals surface area contributed by atoms with E-state index in [1.165, 1.54) is 5.56 Å². The lowest BCUT2D eigenvalue weighted by molar-refractivity contribution is -0.163. The average molecular weight is 433 g/mol. The third-order valence-electron chi connectivity index (χ3n) is 6.46. The number of aliphatic hydroxyl groups excluding tert-OH is 3. The van der Waals surface area contributed by atoms with Crippen LogP contribution >= 0.6 is 0 Å². The predicted molar refractivity (Wildman–Crippen MR) is 122 cm³/mol. The van der Waals surface area contributed by atoms with Crippen LogP contribution in [0, 0.1) is 17.8 Å². The van der Waals surface area contributed by atoms with Crippen molar-refractivity contribution in [2.24, 2.45) is 17.8 Å². The van der Waals surface area contributed by atoms with Crippen LogP contribution in [0.15, 0.2) is 42.5 Å². The minimum atomic E-state index is -0.867. The maximum Gasteiger partial charge on any atom is 0.309 e. The average Bonchev–Trinajstić information content (AvgIpc) is 3.00. The third-order valence-corrected chi connectivity index (χ3v) is 6.46. The molecule has 0 aromatic heterocycles. The molecule has 5 heteroatoms. The Balaban J connectivity index is 1.90. The molecule has 5 nitrogen and oxygen atoms in total. The van der Waals surface area contributed by atoms with E-state index in [9.17, 15) is 20.1 Å². The van der Waals surface area contributed by atoms with Gasteiger partial charge in [0.2, 0.25) is 0 Å². The monoisotopic (exact) mass is 432 g/mol. The van der Waals surface area contributed by atoms with E-state index in [-0.39, 0.29) is 30.1 Å². The second-order valence-electron chi connectivity index (χ2n) is 9.19. The Hall–Kier alpha value is -1.69. The Bertz CT molecular complexity index is 672. The number of allylic oxidation sites excluding steroid dienone is 2. The summed E-state index contributed by atoms with van der Waals surface area (Å²) in [6.45, 7) is 5.96. The quantitative estimate of drug-likeness (QED) is 0.343. The second kappa shape index (κ2) is 13.0. The number of esters is 1. The Morgan fingerprint density at radius 2 is 1.84 bits per heavy atom. The van der Waals surface area contributed by atoms with Crippen molar-refractivity contribution in [3.05, 3.63) is 48.0 Å². The summed E-state index contributed by atoms with van der Waals surface area (Å²) in [5.74, 6) is -0.751. The summed E-state index contributed by atoms with van der Waals surface area (Å²) in [4.78, 5) is 12.8. The SMILES string of the molecule is CC=CCCC(C(=O)O[C@@H]1[C@H](CC[C@@H](O)CCc2ccccc2)[C@H](O)C[C@@H]1O)C(C)C. The summed E-state index contributed by atoms with van der Waals surface area (Å²) in [6, 6.07) is 10.0. The first kappa shape index (κ1) is 25.6. The van der Waals surface area contributed by atoms with Crippen LogP contribution in [0.25, 0.3) is 0 Å². The van der Waals surface area contributed by atoms with Gasteiger partial charge in [0.15, 0.2) is 0 Å². The van der Waals surface area contributed by atoms with Crippen LogP contribution in [0.3, 0.4) is 0 Å². The molecule has 1 aliphatic carbocycles. The number of aryl methyl sites for hydroxylation is 1. The molecule has 3 N–H and O–H groups in total. The molecule has 174 valence electrons. The highest BCUT2D eigenvalue weighted by atomic mass is 16.6. The molecule has 0 amide bonds. The molecule has 1 aromatic carbocycles. The number of hydrogen-bond donors (Lipinski definition) is 3. The zero-order valence-corrected chi connectivity index (χ0v) is 19.2. The zero-order valence-electron chi connectivity index (χ0n) is 19.2. The molecule has 1 saturated carbocycles. The number of hydrogen-bond acceptors (Lipinski definition) is 5. The van der Waals surface area contributed by atoms with Crippen molar-refractivity contribution in [2.75, 3.05) is 0 Å². The van der Waals surface area contributed by atoms with Crippen LogP contribution in [0.5, 0.6) is 0 Å². The van der Waals surface area contributed by atoms with Crippen LogP contribution in [0.2, 0.25) is 0 Å².